The van der Waals surface area contributed by atoms with E-state index in [0.717, 1.165) is 36.7 Å². The summed E-state index contributed by atoms with van der Waals surface area (Å²) in [4.78, 5) is 12.7. The van der Waals surface area contributed by atoms with Crippen molar-refractivity contribution in [2.45, 2.75) is 25.5 Å². The lowest BCUT2D eigenvalue weighted by molar-refractivity contribution is -0.131. The van der Waals surface area contributed by atoms with Crippen molar-refractivity contribution in [3.8, 4) is 0 Å². The smallest absolute Gasteiger partial charge is 0.328 e. The summed E-state index contributed by atoms with van der Waals surface area (Å²) >= 11 is 0. The van der Waals surface area contributed by atoms with Crippen LogP contribution in [0.15, 0.2) is 30.3 Å². The summed E-state index contributed by atoms with van der Waals surface area (Å²) in [7, 11) is 0. The number of carboxylic acids is 1. The molecule has 0 aliphatic carbocycles. The molecule has 0 bridgehead atoms. The van der Waals surface area contributed by atoms with Crippen molar-refractivity contribution in [3.05, 3.63) is 41.5 Å². The molecular weight excluding hydrogens is 242 g/mol. The van der Waals surface area contributed by atoms with Crippen molar-refractivity contribution in [1.82, 2.24) is 4.90 Å². The summed E-state index contributed by atoms with van der Waals surface area (Å²) < 4.78 is 0. The molecule has 102 valence electrons. The molecule has 0 spiro atoms. The molecule has 4 heteroatoms. The summed E-state index contributed by atoms with van der Waals surface area (Å²) in [5, 5.41) is 18.5. The van der Waals surface area contributed by atoms with Gasteiger partial charge in [0.1, 0.15) is 0 Å². The van der Waals surface area contributed by atoms with E-state index in [2.05, 4.69) is 4.90 Å². The molecule has 0 aromatic heterocycles. The topological polar surface area (TPSA) is 60.8 Å². The average Bonchev–Trinajstić information content (AvgIpc) is 2.66. The molecule has 1 aliphatic rings. The molecule has 0 radical (unpaired) electrons. The minimum atomic E-state index is -0.944. The zero-order valence-corrected chi connectivity index (χ0v) is 11.0. The Morgan fingerprint density at radius 1 is 1.53 bits per heavy atom. The van der Waals surface area contributed by atoms with Crippen molar-refractivity contribution < 1.29 is 15.0 Å². The van der Waals surface area contributed by atoms with Crippen LogP contribution in [0.25, 0.3) is 6.08 Å². The van der Waals surface area contributed by atoms with E-state index in [0.29, 0.717) is 6.54 Å². The predicted octanol–water partition coefficient (Wildman–Crippen LogP) is 1.74. The molecule has 19 heavy (non-hydrogen) atoms. The molecular formula is C15H19NO3. The number of β-amino-alcohol motifs (C(OH)–C–C–N with tert-alkyl or cyclic N) is 1. The van der Waals surface area contributed by atoms with Gasteiger partial charge in [-0.25, -0.2) is 4.79 Å². The molecule has 1 atom stereocenters. The quantitative estimate of drug-likeness (QED) is 0.810. The number of benzene rings is 1. The largest absolute Gasteiger partial charge is 0.478 e. The van der Waals surface area contributed by atoms with E-state index in [4.69, 9.17) is 5.11 Å². The maximum atomic E-state index is 10.5. The Kier molecular flexibility index (Phi) is 4.02. The number of aliphatic carboxylic acids is 1. The number of carbonyl (C=O) groups is 1. The highest BCUT2D eigenvalue weighted by atomic mass is 16.4. The highest BCUT2D eigenvalue weighted by Crippen LogP contribution is 2.22. The van der Waals surface area contributed by atoms with Gasteiger partial charge < -0.3 is 10.2 Å². The zero-order chi connectivity index (χ0) is 13.9. The van der Waals surface area contributed by atoms with Gasteiger partial charge in [0, 0.05) is 25.7 Å². The molecule has 4 nitrogen and oxygen atoms in total. The van der Waals surface area contributed by atoms with E-state index in [1.54, 1.807) is 6.08 Å². The second-order valence-corrected chi connectivity index (χ2v) is 5.37. The van der Waals surface area contributed by atoms with Crippen LogP contribution in [0.4, 0.5) is 0 Å². The fraction of sp³-hybridized carbons (Fsp3) is 0.400. The second kappa shape index (κ2) is 5.55. The lowest BCUT2D eigenvalue weighted by atomic mass is 10.1. The Balaban J connectivity index is 2.01. The third-order valence-corrected chi connectivity index (χ3v) is 3.31. The first-order valence-corrected chi connectivity index (χ1v) is 6.39. The van der Waals surface area contributed by atoms with Crippen LogP contribution in [0.1, 0.15) is 24.5 Å². The van der Waals surface area contributed by atoms with E-state index in [9.17, 15) is 9.90 Å². The number of hydrogen-bond donors (Lipinski definition) is 2. The zero-order valence-electron chi connectivity index (χ0n) is 11.0. The normalized spacial score (nSPS) is 24.1. The van der Waals surface area contributed by atoms with Gasteiger partial charge in [-0.2, -0.15) is 0 Å². The molecule has 2 N–H and O–H groups in total. The second-order valence-electron chi connectivity index (χ2n) is 5.37. The van der Waals surface area contributed by atoms with Gasteiger partial charge in [-0.1, -0.05) is 24.3 Å². The van der Waals surface area contributed by atoms with E-state index < -0.39 is 11.6 Å². The van der Waals surface area contributed by atoms with Gasteiger partial charge in [0.05, 0.1) is 5.60 Å². The predicted molar refractivity (Wildman–Crippen MR) is 73.6 cm³/mol. The number of carboxylic acid groups (broad SMARTS) is 1. The number of aliphatic hydroxyl groups is 1. The van der Waals surface area contributed by atoms with Crippen LogP contribution in [0.5, 0.6) is 0 Å². The highest BCUT2D eigenvalue weighted by Gasteiger charge is 2.30. The average molecular weight is 261 g/mol. The molecule has 1 unspecified atom stereocenters. The third kappa shape index (κ3) is 4.19. The van der Waals surface area contributed by atoms with E-state index in [-0.39, 0.29) is 0 Å². The molecule has 0 saturated carbocycles. The number of hydrogen-bond acceptors (Lipinski definition) is 3. The molecule has 1 saturated heterocycles. The van der Waals surface area contributed by atoms with Gasteiger partial charge in [0.2, 0.25) is 0 Å². The summed E-state index contributed by atoms with van der Waals surface area (Å²) in [5.41, 5.74) is 1.43. The summed E-state index contributed by atoms with van der Waals surface area (Å²) in [6.45, 7) is 4.22. The lowest BCUT2D eigenvalue weighted by Crippen LogP contribution is -2.29. The maximum absolute atomic E-state index is 10.5. The Bertz CT molecular complexity index is 494. The van der Waals surface area contributed by atoms with Crippen LogP contribution in [0, 0.1) is 0 Å². The Hall–Kier alpha value is -1.65. The first-order chi connectivity index (χ1) is 8.94. The van der Waals surface area contributed by atoms with E-state index >= 15 is 0 Å². The Morgan fingerprint density at radius 3 is 2.95 bits per heavy atom. The van der Waals surface area contributed by atoms with E-state index in [1.807, 2.05) is 31.2 Å². The number of rotatable bonds is 4. The van der Waals surface area contributed by atoms with Gasteiger partial charge >= 0.3 is 5.97 Å². The summed E-state index contributed by atoms with van der Waals surface area (Å²) in [6, 6.07) is 7.80. The molecule has 2 rings (SSSR count). The first kappa shape index (κ1) is 13.8. The van der Waals surface area contributed by atoms with Crippen LogP contribution in [0.3, 0.4) is 0 Å². The van der Waals surface area contributed by atoms with Gasteiger partial charge in [0.25, 0.3) is 0 Å². The van der Waals surface area contributed by atoms with Crippen LogP contribution in [-0.2, 0) is 11.3 Å². The van der Waals surface area contributed by atoms with Crippen LogP contribution >= 0.6 is 0 Å². The molecule has 0 amide bonds. The number of nitrogens with zero attached hydrogens (tertiary/aromatic N) is 1. The van der Waals surface area contributed by atoms with Crippen LogP contribution in [0.2, 0.25) is 0 Å². The van der Waals surface area contributed by atoms with Crippen LogP contribution < -0.4 is 0 Å². The summed E-state index contributed by atoms with van der Waals surface area (Å²) in [5.74, 6) is -0.944. The molecule has 1 aliphatic heterocycles. The maximum Gasteiger partial charge on any atom is 0.328 e. The lowest BCUT2D eigenvalue weighted by Gasteiger charge is -2.18. The molecule has 1 heterocycles. The summed E-state index contributed by atoms with van der Waals surface area (Å²) in [6.07, 6.45) is 3.53. The van der Waals surface area contributed by atoms with Crippen molar-refractivity contribution in [2.75, 3.05) is 13.1 Å². The minimum Gasteiger partial charge on any atom is -0.478 e. The Morgan fingerprint density at radius 2 is 2.32 bits per heavy atom. The van der Waals surface area contributed by atoms with E-state index in [1.165, 1.54) is 0 Å². The van der Waals surface area contributed by atoms with Crippen molar-refractivity contribution in [2.24, 2.45) is 0 Å². The van der Waals surface area contributed by atoms with Gasteiger partial charge in [-0.05, 0) is 30.5 Å². The van der Waals surface area contributed by atoms with Gasteiger partial charge in [0.15, 0.2) is 0 Å². The monoisotopic (exact) mass is 261 g/mol. The fourth-order valence-electron chi connectivity index (χ4n) is 2.39. The Labute approximate surface area is 113 Å². The van der Waals surface area contributed by atoms with Crippen molar-refractivity contribution >= 4 is 12.0 Å². The van der Waals surface area contributed by atoms with Crippen molar-refractivity contribution in [3.63, 3.8) is 0 Å². The first-order valence-electron chi connectivity index (χ1n) is 6.39. The SMILES string of the molecule is CC1(O)CCN(Cc2cccc(/C=C/C(=O)O)c2)C1. The minimum absolute atomic E-state index is 0.583. The molecule has 1 aromatic carbocycles. The standard InChI is InChI=1S/C15H19NO3/c1-15(19)7-8-16(11-15)10-13-4-2-3-12(9-13)5-6-14(17)18/h2-6,9,19H,7-8,10-11H2,1H3,(H,17,18)/b6-5+. The van der Waals surface area contributed by atoms with Gasteiger partial charge in [-0.3, -0.25) is 4.90 Å². The highest BCUT2D eigenvalue weighted by molar-refractivity contribution is 5.85. The number of likely N-dealkylation sites (tertiary alicyclic amines) is 1. The molecule has 1 aromatic rings. The van der Waals surface area contributed by atoms with Crippen LogP contribution in [-0.4, -0.2) is 39.8 Å². The fourth-order valence-corrected chi connectivity index (χ4v) is 2.39. The van der Waals surface area contributed by atoms with Crippen molar-refractivity contribution in [1.29, 1.82) is 0 Å². The van der Waals surface area contributed by atoms with Gasteiger partial charge in [-0.15, -0.1) is 0 Å². The molecule has 1 fully saturated rings. The third-order valence-electron chi connectivity index (χ3n) is 3.31.